The maximum atomic E-state index is 11.2. The summed E-state index contributed by atoms with van der Waals surface area (Å²) >= 11 is 0. The molecule has 0 atom stereocenters. The fourth-order valence-electron chi connectivity index (χ4n) is 1.10. The molecule has 6 nitrogen and oxygen atoms in total. The lowest BCUT2D eigenvalue weighted by Gasteiger charge is -1.98. The van der Waals surface area contributed by atoms with Crippen molar-refractivity contribution in [2.24, 2.45) is 0 Å². The van der Waals surface area contributed by atoms with E-state index >= 15 is 0 Å². The van der Waals surface area contributed by atoms with Gasteiger partial charge >= 0.3 is 5.97 Å². The van der Waals surface area contributed by atoms with Crippen LogP contribution in [0.1, 0.15) is 24.2 Å². The van der Waals surface area contributed by atoms with Gasteiger partial charge < -0.3 is 4.74 Å². The van der Waals surface area contributed by atoms with Gasteiger partial charge in [-0.3, -0.25) is 0 Å². The van der Waals surface area contributed by atoms with Crippen molar-refractivity contribution in [2.75, 3.05) is 7.11 Å². The molecule has 2 radical (unpaired) electrons. The monoisotopic (exact) mass is 272 g/mol. The molecular weight excluding hydrogens is 255 g/mol. The molecule has 0 unspecified atom stereocenters. The topological polar surface area (TPSA) is 69.9 Å². The van der Waals surface area contributed by atoms with Gasteiger partial charge in [0, 0.05) is 18.6 Å². The molecule has 2 heterocycles. The number of ether oxygens (including phenoxy) is 1. The van der Waals surface area contributed by atoms with Gasteiger partial charge in [0.1, 0.15) is 7.85 Å². The van der Waals surface area contributed by atoms with E-state index in [4.69, 9.17) is 7.85 Å². The molecule has 7 heteroatoms. The van der Waals surface area contributed by atoms with Crippen LogP contribution in [0, 0.1) is 0 Å². The van der Waals surface area contributed by atoms with Gasteiger partial charge in [0.05, 0.1) is 18.9 Å². The lowest BCUT2D eigenvalue weighted by Crippen LogP contribution is -2.09. The van der Waals surface area contributed by atoms with Crippen LogP contribution < -0.4 is 5.46 Å². The van der Waals surface area contributed by atoms with E-state index in [2.05, 4.69) is 33.0 Å². The minimum atomic E-state index is -0.457. The average molecular weight is 272 g/mol. The Morgan fingerprint density at radius 1 is 1.25 bits per heavy atom. The van der Waals surface area contributed by atoms with Crippen LogP contribution >= 0.6 is 0 Å². The van der Waals surface area contributed by atoms with Crippen LogP contribution in [-0.4, -0.2) is 40.7 Å². The van der Waals surface area contributed by atoms with Gasteiger partial charge in [0.15, 0.2) is 0 Å². The van der Waals surface area contributed by atoms with Crippen molar-refractivity contribution >= 4 is 19.3 Å². The molecule has 0 saturated heterocycles. The Hall–Kier alpha value is -2.44. The van der Waals surface area contributed by atoms with Gasteiger partial charge in [-0.15, -0.1) is 13.2 Å². The average Bonchev–Trinajstić information content (AvgIpc) is 3.01. The molecule has 0 fully saturated rings. The van der Waals surface area contributed by atoms with Gasteiger partial charge in [0.25, 0.3) is 0 Å². The number of hydrogen-bond donors (Lipinski definition) is 0. The SMILES string of the molecule is C=C.CC.[B]c1cnc(-n2cc(C(=O)OC)cn2)nc1. The van der Waals surface area contributed by atoms with Crippen LogP contribution in [0.4, 0.5) is 0 Å². The van der Waals surface area contributed by atoms with Gasteiger partial charge in [-0.2, -0.15) is 5.10 Å². The third-order valence-electron chi connectivity index (χ3n) is 1.87. The number of carbonyl (C=O) groups excluding carboxylic acids is 1. The normalized spacial score (nSPS) is 8.55. The van der Waals surface area contributed by atoms with Gasteiger partial charge in [-0.1, -0.05) is 19.3 Å². The standard InChI is InChI=1S/C9H7BN4O2.C2H6.C2H4/c1-16-8(15)6-2-13-14(5-6)9-11-3-7(10)4-12-9;2*1-2/h2-5H,1H3;1-2H3;1-2H2. The van der Waals surface area contributed by atoms with Crippen molar-refractivity contribution in [1.29, 1.82) is 0 Å². The third-order valence-corrected chi connectivity index (χ3v) is 1.87. The molecule has 0 aromatic carbocycles. The molecule has 104 valence electrons. The molecule has 2 rings (SSSR count). The van der Waals surface area contributed by atoms with E-state index in [0.717, 1.165) is 0 Å². The van der Waals surface area contributed by atoms with Crippen molar-refractivity contribution < 1.29 is 9.53 Å². The van der Waals surface area contributed by atoms with E-state index in [9.17, 15) is 4.79 Å². The highest BCUT2D eigenvalue weighted by molar-refractivity contribution is 6.31. The fourth-order valence-corrected chi connectivity index (χ4v) is 1.10. The summed E-state index contributed by atoms with van der Waals surface area (Å²) in [4.78, 5) is 19.1. The summed E-state index contributed by atoms with van der Waals surface area (Å²) in [7, 11) is 6.76. The molecule has 0 bridgehead atoms. The molecule has 2 aromatic heterocycles. The minimum Gasteiger partial charge on any atom is -0.465 e. The van der Waals surface area contributed by atoms with Crippen LogP contribution in [-0.2, 0) is 4.74 Å². The molecule has 20 heavy (non-hydrogen) atoms. The maximum Gasteiger partial charge on any atom is 0.341 e. The molecule has 0 aliphatic carbocycles. The molecule has 0 aliphatic heterocycles. The highest BCUT2D eigenvalue weighted by Crippen LogP contribution is 2.03. The molecule has 0 spiro atoms. The number of methoxy groups -OCH3 is 1. The van der Waals surface area contributed by atoms with Crippen LogP contribution in [0.25, 0.3) is 5.95 Å². The Balaban J connectivity index is 0.000000829. The number of esters is 1. The quantitative estimate of drug-likeness (QED) is 0.464. The smallest absolute Gasteiger partial charge is 0.341 e. The van der Waals surface area contributed by atoms with E-state index < -0.39 is 5.97 Å². The molecule has 0 N–H and O–H groups in total. The Morgan fingerprint density at radius 3 is 2.30 bits per heavy atom. The zero-order valence-electron chi connectivity index (χ0n) is 11.9. The van der Waals surface area contributed by atoms with Crippen molar-refractivity contribution in [3.63, 3.8) is 0 Å². The van der Waals surface area contributed by atoms with Crippen molar-refractivity contribution in [3.8, 4) is 5.95 Å². The molecule has 0 saturated carbocycles. The second-order valence-electron chi connectivity index (χ2n) is 2.98. The lowest BCUT2D eigenvalue weighted by atomic mass is 10.0. The number of rotatable bonds is 2. The number of carbonyl (C=O) groups is 1. The minimum absolute atomic E-state index is 0.336. The van der Waals surface area contributed by atoms with Gasteiger partial charge in [-0.05, 0) is 0 Å². The first kappa shape index (κ1) is 17.6. The van der Waals surface area contributed by atoms with E-state index in [1.807, 2.05) is 13.8 Å². The van der Waals surface area contributed by atoms with Crippen LogP contribution in [0.5, 0.6) is 0 Å². The lowest BCUT2D eigenvalue weighted by molar-refractivity contribution is 0.0600. The van der Waals surface area contributed by atoms with Crippen LogP contribution in [0.15, 0.2) is 37.9 Å². The van der Waals surface area contributed by atoms with Crippen LogP contribution in [0.2, 0.25) is 0 Å². The highest BCUT2D eigenvalue weighted by Gasteiger charge is 2.09. The van der Waals surface area contributed by atoms with Crippen molar-refractivity contribution in [1.82, 2.24) is 19.7 Å². The highest BCUT2D eigenvalue weighted by atomic mass is 16.5. The number of aromatic nitrogens is 4. The predicted octanol–water partition coefficient (Wildman–Crippen LogP) is 1.07. The number of hydrogen-bond acceptors (Lipinski definition) is 5. The Morgan fingerprint density at radius 2 is 1.80 bits per heavy atom. The molecule has 2 aromatic rings. The second kappa shape index (κ2) is 9.49. The largest absolute Gasteiger partial charge is 0.465 e. The van der Waals surface area contributed by atoms with Crippen molar-refractivity contribution in [3.05, 3.63) is 43.5 Å². The zero-order chi connectivity index (χ0) is 15.5. The summed E-state index contributed by atoms with van der Waals surface area (Å²) in [5.74, 6) is -0.119. The fraction of sp³-hybridized carbons (Fsp3) is 0.231. The summed E-state index contributed by atoms with van der Waals surface area (Å²) < 4.78 is 5.92. The predicted molar refractivity (Wildman–Crippen MR) is 78.5 cm³/mol. The van der Waals surface area contributed by atoms with E-state index in [1.165, 1.54) is 36.6 Å². The second-order valence-corrected chi connectivity index (χ2v) is 2.98. The van der Waals surface area contributed by atoms with E-state index in [-0.39, 0.29) is 0 Å². The first-order valence-corrected chi connectivity index (χ1v) is 5.91. The maximum absolute atomic E-state index is 11.2. The Labute approximate surface area is 119 Å². The Kier molecular flexibility index (Phi) is 8.33. The Bertz CT molecular complexity index is 525. The van der Waals surface area contributed by atoms with Crippen molar-refractivity contribution in [2.45, 2.75) is 13.8 Å². The van der Waals surface area contributed by atoms with E-state index in [1.54, 1.807) is 0 Å². The summed E-state index contributed by atoms with van der Waals surface area (Å²) in [6.45, 7) is 10.0. The molecule has 0 amide bonds. The zero-order valence-corrected chi connectivity index (χ0v) is 11.9. The first-order valence-electron chi connectivity index (χ1n) is 5.91. The molecule has 0 aliphatic rings. The summed E-state index contributed by atoms with van der Waals surface area (Å²) in [6.07, 6.45) is 5.78. The summed E-state index contributed by atoms with van der Waals surface area (Å²) in [5, 5.41) is 3.94. The van der Waals surface area contributed by atoms with Gasteiger partial charge in [0.2, 0.25) is 5.95 Å². The van der Waals surface area contributed by atoms with Gasteiger partial charge in [-0.25, -0.2) is 19.4 Å². The molecular formula is C13H17BN4O2. The summed E-state index contributed by atoms with van der Waals surface area (Å²) in [5.41, 5.74) is 0.798. The number of nitrogens with zero attached hydrogens (tertiary/aromatic N) is 4. The van der Waals surface area contributed by atoms with E-state index in [0.29, 0.717) is 17.0 Å². The first-order chi connectivity index (χ1) is 9.70. The van der Waals surface area contributed by atoms with Crippen LogP contribution in [0.3, 0.4) is 0 Å². The summed E-state index contributed by atoms with van der Waals surface area (Å²) in [6, 6.07) is 0. The third kappa shape index (κ3) is 4.68.